The average molecular weight is 340 g/mol. The molecule has 3 aliphatic heterocycles. The molecule has 3 fully saturated rings. The fraction of sp³-hybridized carbons (Fsp3) is 0.562. The third-order valence-corrected chi connectivity index (χ3v) is 6.52. The molecule has 0 saturated carbocycles. The first kappa shape index (κ1) is 16.4. The topological polar surface area (TPSA) is 66.5 Å². The van der Waals surface area contributed by atoms with Crippen LogP contribution < -0.4 is 5.32 Å². The lowest BCUT2D eigenvalue weighted by atomic mass is 9.83. The zero-order chi connectivity index (χ0) is 16.4. The molecule has 23 heavy (non-hydrogen) atoms. The number of nitrogens with zero attached hydrogens (tertiary/aromatic N) is 1. The summed E-state index contributed by atoms with van der Waals surface area (Å²) in [7, 11) is -3.51. The fourth-order valence-electron chi connectivity index (χ4n) is 3.42. The second-order valence-electron chi connectivity index (χ2n) is 6.29. The van der Waals surface area contributed by atoms with Crippen molar-refractivity contribution in [1.82, 2.24) is 10.2 Å². The van der Waals surface area contributed by atoms with Gasteiger partial charge in [0.1, 0.15) is 5.82 Å². The Morgan fingerprint density at radius 2 is 1.87 bits per heavy atom. The summed E-state index contributed by atoms with van der Waals surface area (Å²) in [5, 5.41) is 2.74. The maximum atomic E-state index is 12.9. The number of rotatable bonds is 5. The first-order valence-electron chi connectivity index (χ1n) is 7.96. The number of halogens is 1. The van der Waals surface area contributed by atoms with Gasteiger partial charge in [0.05, 0.1) is 16.7 Å². The first-order chi connectivity index (χ1) is 11.0. The Morgan fingerprint density at radius 3 is 2.43 bits per heavy atom. The number of carbonyl (C=O) groups excluding carboxylic acids is 1. The molecule has 2 bridgehead atoms. The van der Waals surface area contributed by atoms with E-state index in [2.05, 4.69) is 10.2 Å². The zero-order valence-corrected chi connectivity index (χ0v) is 13.7. The van der Waals surface area contributed by atoms with Crippen LogP contribution in [0.3, 0.4) is 0 Å². The van der Waals surface area contributed by atoms with Crippen molar-refractivity contribution in [2.45, 2.75) is 30.2 Å². The molecule has 0 aromatic heterocycles. The number of sulfone groups is 1. The van der Waals surface area contributed by atoms with Crippen molar-refractivity contribution >= 4 is 15.7 Å². The summed E-state index contributed by atoms with van der Waals surface area (Å²) in [4.78, 5) is 14.5. The molecule has 5 nitrogen and oxygen atoms in total. The van der Waals surface area contributed by atoms with Gasteiger partial charge in [-0.1, -0.05) is 0 Å². The van der Waals surface area contributed by atoms with Crippen LogP contribution in [0.1, 0.15) is 19.3 Å². The Balaban J connectivity index is 1.52. The Kier molecular flexibility index (Phi) is 4.68. The number of benzene rings is 1. The summed E-state index contributed by atoms with van der Waals surface area (Å²) in [6, 6.07) is 4.63. The maximum Gasteiger partial charge on any atom is 0.237 e. The summed E-state index contributed by atoms with van der Waals surface area (Å²) in [5.74, 6) is -0.110. The molecule has 1 aromatic rings. The van der Waals surface area contributed by atoms with Gasteiger partial charge in [0, 0.05) is 6.54 Å². The second kappa shape index (κ2) is 6.57. The Hall–Kier alpha value is -1.47. The van der Waals surface area contributed by atoms with Gasteiger partial charge >= 0.3 is 0 Å². The van der Waals surface area contributed by atoms with Gasteiger partial charge in [-0.15, -0.1) is 0 Å². The van der Waals surface area contributed by atoms with E-state index in [1.165, 1.54) is 12.1 Å². The first-order valence-corrected chi connectivity index (χ1v) is 9.61. The van der Waals surface area contributed by atoms with E-state index < -0.39 is 15.7 Å². The largest absolute Gasteiger partial charge is 0.354 e. The minimum atomic E-state index is -3.51. The standard InChI is InChI=1S/C16H21FN2O3S/c17-13-1-3-14(4-2-13)23(21,22)10-7-18-16(20)15-11-12-5-8-19(15)9-6-12/h1-4,12,15H,5-11H2,(H,18,20). The van der Waals surface area contributed by atoms with Crippen LogP contribution in [0.25, 0.3) is 0 Å². The van der Waals surface area contributed by atoms with Crippen molar-refractivity contribution in [1.29, 1.82) is 0 Å². The Labute approximate surface area is 135 Å². The van der Waals surface area contributed by atoms with E-state index in [0.29, 0.717) is 5.92 Å². The summed E-state index contributed by atoms with van der Waals surface area (Å²) in [5.41, 5.74) is 0. The molecule has 1 N–H and O–H groups in total. The number of nitrogens with one attached hydrogen (secondary N) is 1. The van der Waals surface area contributed by atoms with Crippen LogP contribution >= 0.6 is 0 Å². The molecule has 0 aliphatic carbocycles. The van der Waals surface area contributed by atoms with E-state index >= 15 is 0 Å². The van der Waals surface area contributed by atoms with Crippen LogP contribution in [0.15, 0.2) is 29.2 Å². The number of amides is 1. The highest BCUT2D eigenvalue weighted by molar-refractivity contribution is 7.91. The summed E-state index contributed by atoms with van der Waals surface area (Å²) >= 11 is 0. The van der Waals surface area contributed by atoms with Gasteiger partial charge in [-0.3, -0.25) is 9.69 Å². The molecule has 0 spiro atoms. The Bertz CT molecular complexity index is 667. The van der Waals surface area contributed by atoms with Crippen LogP contribution in [0.4, 0.5) is 4.39 Å². The number of hydrogen-bond acceptors (Lipinski definition) is 4. The van der Waals surface area contributed by atoms with Crippen LogP contribution in [-0.2, 0) is 14.6 Å². The van der Waals surface area contributed by atoms with Gasteiger partial charge in [0.15, 0.2) is 9.84 Å². The van der Waals surface area contributed by atoms with Crippen LogP contribution in [0, 0.1) is 11.7 Å². The van der Waals surface area contributed by atoms with Crippen LogP contribution in [-0.4, -0.2) is 50.7 Å². The highest BCUT2D eigenvalue weighted by Gasteiger charge is 2.37. The maximum absolute atomic E-state index is 12.9. The molecule has 1 aromatic carbocycles. The number of carbonyl (C=O) groups is 1. The molecule has 126 valence electrons. The van der Waals surface area contributed by atoms with Gasteiger partial charge in [0.2, 0.25) is 5.91 Å². The minimum absolute atomic E-state index is 0.0769. The molecule has 1 amide bonds. The van der Waals surface area contributed by atoms with E-state index in [4.69, 9.17) is 0 Å². The van der Waals surface area contributed by atoms with E-state index in [0.717, 1.165) is 44.5 Å². The van der Waals surface area contributed by atoms with E-state index in [1.54, 1.807) is 0 Å². The number of piperidine rings is 3. The SMILES string of the molecule is O=C(NCCS(=O)(=O)c1ccc(F)cc1)C1CC2CCN1CC2. The summed E-state index contributed by atoms with van der Waals surface area (Å²) < 4.78 is 37.1. The molecular weight excluding hydrogens is 319 g/mol. The molecule has 4 rings (SSSR count). The second-order valence-corrected chi connectivity index (χ2v) is 8.40. The lowest BCUT2D eigenvalue weighted by Crippen LogP contribution is -2.55. The molecule has 1 unspecified atom stereocenters. The quantitative estimate of drug-likeness (QED) is 0.818. The average Bonchev–Trinajstić information content (AvgIpc) is 2.56. The van der Waals surface area contributed by atoms with Gasteiger partial charge in [0.25, 0.3) is 0 Å². The summed E-state index contributed by atoms with van der Waals surface area (Å²) in [6.45, 7) is 1.99. The van der Waals surface area contributed by atoms with E-state index in [9.17, 15) is 17.6 Å². The van der Waals surface area contributed by atoms with Gasteiger partial charge < -0.3 is 5.32 Å². The third-order valence-electron chi connectivity index (χ3n) is 4.79. The van der Waals surface area contributed by atoms with E-state index in [-0.39, 0.29) is 29.1 Å². The van der Waals surface area contributed by atoms with Gasteiger partial charge in [-0.2, -0.15) is 0 Å². The highest BCUT2D eigenvalue weighted by atomic mass is 32.2. The van der Waals surface area contributed by atoms with Crippen molar-refractivity contribution in [2.24, 2.45) is 5.92 Å². The highest BCUT2D eigenvalue weighted by Crippen LogP contribution is 2.31. The van der Waals surface area contributed by atoms with Crippen molar-refractivity contribution in [3.8, 4) is 0 Å². The predicted molar refractivity (Wildman–Crippen MR) is 84.2 cm³/mol. The Morgan fingerprint density at radius 1 is 1.22 bits per heavy atom. The molecular formula is C16H21FN2O3S. The number of fused-ring (bicyclic) bond motifs is 3. The van der Waals surface area contributed by atoms with Crippen molar-refractivity contribution in [3.05, 3.63) is 30.1 Å². The van der Waals surface area contributed by atoms with Gasteiger partial charge in [-0.25, -0.2) is 12.8 Å². The fourth-order valence-corrected chi connectivity index (χ4v) is 4.58. The molecule has 1 atom stereocenters. The third kappa shape index (κ3) is 3.72. The summed E-state index contributed by atoms with van der Waals surface area (Å²) in [6.07, 6.45) is 3.18. The molecule has 3 heterocycles. The van der Waals surface area contributed by atoms with E-state index in [1.807, 2.05) is 0 Å². The van der Waals surface area contributed by atoms with Crippen molar-refractivity contribution in [2.75, 3.05) is 25.4 Å². The van der Waals surface area contributed by atoms with Crippen LogP contribution in [0.2, 0.25) is 0 Å². The van der Waals surface area contributed by atoms with Crippen molar-refractivity contribution < 1.29 is 17.6 Å². The number of hydrogen-bond donors (Lipinski definition) is 1. The molecule has 3 aliphatic rings. The smallest absolute Gasteiger partial charge is 0.237 e. The van der Waals surface area contributed by atoms with Crippen molar-refractivity contribution in [3.63, 3.8) is 0 Å². The lowest BCUT2D eigenvalue weighted by molar-refractivity contribution is -0.130. The van der Waals surface area contributed by atoms with Gasteiger partial charge in [-0.05, 0) is 62.5 Å². The zero-order valence-electron chi connectivity index (χ0n) is 12.9. The minimum Gasteiger partial charge on any atom is -0.354 e. The lowest BCUT2D eigenvalue weighted by Gasteiger charge is -2.44. The molecule has 7 heteroatoms. The normalized spacial score (nSPS) is 26.9. The monoisotopic (exact) mass is 340 g/mol. The molecule has 0 radical (unpaired) electrons. The predicted octanol–water partition coefficient (Wildman–Crippen LogP) is 1.20. The molecule has 3 saturated heterocycles. The van der Waals surface area contributed by atoms with Crippen LogP contribution in [0.5, 0.6) is 0 Å².